The first kappa shape index (κ1) is 19.8. The minimum absolute atomic E-state index is 0.0180. The Morgan fingerprint density at radius 2 is 1.90 bits per heavy atom. The number of hydrogen-bond donors (Lipinski definition) is 1. The largest absolute Gasteiger partial charge is 0.465 e. The summed E-state index contributed by atoms with van der Waals surface area (Å²) in [5.74, 6) is 0. The molecule has 0 radical (unpaired) electrons. The SMILES string of the molecule is [2H]C([2H])([2H])OC[C@@H](c1ccc(C(F)(F)F)cc1)N1CCN(C2(C)CCN(C(=O)O)CC2)C[C@@H]1C. The highest BCUT2D eigenvalue weighted by Crippen LogP contribution is 2.35. The van der Waals surface area contributed by atoms with Gasteiger partial charge in [0, 0.05) is 51.3 Å². The number of amides is 1. The molecule has 0 saturated carbocycles. The minimum Gasteiger partial charge on any atom is -0.465 e. The van der Waals surface area contributed by atoms with Crippen molar-refractivity contribution in [2.45, 2.75) is 50.5 Å². The Morgan fingerprint density at radius 3 is 2.42 bits per heavy atom. The van der Waals surface area contributed by atoms with Gasteiger partial charge in [0.15, 0.2) is 0 Å². The number of ether oxygens (including phenoxy) is 1. The summed E-state index contributed by atoms with van der Waals surface area (Å²) in [5, 5.41) is 9.23. The van der Waals surface area contributed by atoms with E-state index in [1.165, 1.54) is 17.0 Å². The van der Waals surface area contributed by atoms with Crippen molar-refractivity contribution in [1.82, 2.24) is 14.7 Å². The van der Waals surface area contributed by atoms with Gasteiger partial charge in [0.05, 0.1) is 22.3 Å². The average molecular weight is 447 g/mol. The number of rotatable bonds is 5. The number of halogens is 3. The molecule has 0 aliphatic carbocycles. The third-order valence-electron chi connectivity index (χ3n) is 6.82. The van der Waals surface area contributed by atoms with E-state index in [9.17, 15) is 23.1 Å². The van der Waals surface area contributed by atoms with Crippen molar-refractivity contribution in [3.8, 4) is 0 Å². The second-order valence-electron chi connectivity index (χ2n) is 8.75. The molecular formula is C22H32F3N3O3. The van der Waals surface area contributed by atoms with Crippen LogP contribution < -0.4 is 0 Å². The summed E-state index contributed by atoms with van der Waals surface area (Å²) < 4.78 is 66.3. The van der Waals surface area contributed by atoms with E-state index in [1.54, 1.807) is 0 Å². The van der Waals surface area contributed by atoms with E-state index in [2.05, 4.69) is 16.7 Å². The van der Waals surface area contributed by atoms with Crippen LogP contribution in [0.25, 0.3) is 0 Å². The Hall–Kier alpha value is -1.84. The fourth-order valence-electron chi connectivity index (χ4n) is 4.78. The van der Waals surface area contributed by atoms with Gasteiger partial charge >= 0.3 is 12.3 Å². The van der Waals surface area contributed by atoms with Gasteiger partial charge in [-0.15, -0.1) is 0 Å². The Balaban J connectivity index is 1.74. The van der Waals surface area contributed by atoms with Crippen LogP contribution in [0.2, 0.25) is 0 Å². The summed E-state index contributed by atoms with van der Waals surface area (Å²) in [6, 6.07) is 4.26. The second-order valence-corrected chi connectivity index (χ2v) is 8.75. The standard InChI is InChI=1S/C22H32F3N3O3/c1-16-14-27(21(2)8-10-26(11-9-21)20(29)30)12-13-28(16)19(15-31-3)17-4-6-18(7-5-17)22(23,24)25/h4-7,16,19H,8-15H2,1-3H3,(H,29,30)/t16-,19-/m0/s1/i3D3. The van der Waals surface area contributed by atoms with Crippen LogP contribution in [0.4, 0.5) is 18.0 Å². The van der Waals surface area contributed by atoms with Crippen molar-refractivity contribution in [3.05, 3.63) is 35.4 Å². The first-order valence-electron chi connectivity index (χ1n) is 12.0. The molecule has 0 bridgehead atoms. The zero-order valence-electron chi connectivity index (χ0n) is 20.9. The van der Waals surface area contributed by atoms with Crippen LogP contribution in [0.3, 0.4) is 0 Å². The number of alkyl halides is 3. The molecule has 1 amide bonds. The van der Waals surface area contributed by atoms with Crippen LogP contribution in [-0.2, 0) is 10.9 Å². The molecule has 6 nitrogen and oxygen atoms in total. The number of hydrogen-bond acceptors (Lipinski definition) is 4. The van der Waals surface area contributed by atoms with Gasteiger partial charge in [-0.25, -0.2) is 4.79 Å². The molecule has 1 N–H and O–H groups in total. The smallest absolute Gasteiger partial charge is 0.416 e. The zero-order chi connectivity index (χ0) is 25.3. The maximum absolute atomic E-state index is 13.0. The van der Waals surface area contributed by atoms with E-state index < -0.39 is 30.9 Å². The lowest BCUT2D eigenvalue weighted by atomic mass is 9.86. The Kier molecular flexibility index (Phi) is 5.97. The molecule has 9 heteroatoms. The predicted molar refractivity (Wildman–Crippen MR) is 111 cm³/mol. The molecule has 2 fully saturated rings. The topological polar surface area (TPSA) is 56.2 Å². The number of benzene rings is 1. The van der Waals surface area contributed by atoms with Crippen molar-refractivity contribution in [3.63, 3.8) is 0 Å². The van der Waals surface area contributed by atoms with E-state index >= 15 is 0 Å². The summed E-state index contributed by atoms with van der Waals surface area (Å²) in [6.45, 7) is 6.86. The zero-order valence-corrected chi connectivity index (χ0v) is 17.9. The summed E-state index contributed by atoms with van der Waals surface area (Å²) in [7, 11) is -2.61. The number of methoxy groups -OCH3 is 1. The first-order valence-corrected chi connectivity index (χ1v) is 10.5. The molecule has 1 aromatic rings. The van der Waals surface area contributed by atoms with Crippen LogP contribution in [0, 0.1) is 0 Å². The van der Waals surface area contributed by atoms with E-state index in [0.717, 1.165) is 25.0 Å². The lowest BCUT2D eigenvalue weighted by molar-refractivity contribution is -0.137. The van der Waals surface area contributed by atoms with E-state index in [1.807, 2.05) is 6.92 Å². The van der Waals surface area contributed by atoms with Crippen LogP contribution in [0.1, 0.15) is 48.0 Å². The Labute approximate surface area is 185 Å². The number of piperazine rings is 1. The number of carboxylic acid groups (broad SMARTS) is 1. The second kappa shape index (κ2) is 9.34. The third kappa shape index (κ3) is 5.32. The lowest BCUT2D eigenvalue weighted by Crippen LogP contribution is -2.62. The number of likely N-dealkylation sites (tertiary alicyclic amines) is 1. The molecule has 0 unspecified atom stereocenters. The molecule has 0 aromatic heterocycles. The number of nitrogens with zero attached hydrogens (tertiary/aromatic N) is 3. The fraction of sp³-hybridized carbons (Fsp3) is 0.682. The van der Waals surface area contributed by atoms with Crippen LogP contribution >= 0.6 is 0 Å². The van der Waals surface area contributed by atoms with Gasteiger partial charge in [0.2, 0.25) is 0 Å². The molecular weight excluding hydrogens is 411 g/mol. The maximum atomic E-state index is 13.0. The Morgan fingerprint density at radius 1 is 1.26 bits per heavy atom. The molecule has 2 saturated heterocycles. The number of carbonyl (C=O) groups is 1. The molecule has 2 heterocycles. The first-order chi connectivity index (χ1) is 15.7. The Bertz CT molecular complexity index is 844. The van der Waals surface area contributed by atoms with Gasteiger partial charge in [0.25, 0.3) is 0 Å². The van der Waals surface area contributed by atoms with Gasteiger partial charge < -0.3 is 14.7 Å². The van der Waals surface area contributed by atoms with Gasteiger partial charge in [0.1, 0.15) is 0 Å². The van der Waals surface area contributed by atoms with E-state index in [-0.39, 0.29) is 18.2 Å². The lowest BCUT2D eigenvalue weighted by Gasteiger charge is -2.52. The van der Waals surface area contributed by atoms with Gasteiger partial charge in [-0.05, 0) is 44.4 Å². The monoisotopic (exact) mass is 446 g/mol. The quantitative estimate of drug-likeness (QED) is 0.743. The molecule has 2 atom stereocenters. The van der Waals surface area contributed by atoms with Crippen LogP contribution in [-0.4, -0.2) is 83.8 Å². The third-order valence-corrected chi connectivity index (χ3v) is 6.82. The van der Waals surface area contributed by atoms with Gasteiger partial charge in [-0.3, -0.25) is 9.80 Å². The van der Waals surface area contributed by atoms with Gasteiger partial charge in [-0.2, -0.15) is 13.2 Å². The number of piperidine rings is 1. The molecule has 2 aliphatic heterocycles. The summed E-state index contributed by atoms with van der Waals surface area (Å²) in [6.07, 6.45) is -3.92. The molecule has 2 aliphatic rings. The fourth-order valence-corrected chi connectivity index (χ4v) is 4.78. The van der Waals surface area contributed by atoms with Crippen LogP contribution in [0.5, 0.6) is 0 Å². The summed E-state index contributed by atoms with van der Waals surface area (Å²) in [4.78, 5) is 17.1. The van der Waals surface area contributed by atoms with Crippen LogP contribution in [0.15, 0.2) is 24.3 Å². The highest BCUT2D eigenvalue weighted by atomic mass is 19.4. The predicted octanol–water partition coefficient (Wildman–Crippen LogP) is 3.93. The maximum Gasteiger partial charge on any atom is 0.416 e. The minimum atomic E-state index is -4.45. The van der Waals surface area contributed by atoms with Crippen molar-refractivity contribution < 1.29 is 31.9 Å². The van der Waals surface area contributed by atoms with E-state index in [4.69, 9.17) is 8.85 Å². The van der Waals surface area contributed by atoms with Crippen molar-refractivity contribution in [2.75, 3.05) is 46.4 Å². The highest BCUT2D eigenvalue weighted by molar-refractivity contribution is 5.65. The van der Waals surface area contributed by atoms with Crippen molar-refractivity contribution >= 4 is 6.09 Å². The summed E-state index contributed by atoms with van der Waals surface area (Å²) >= 11 is 0. The van der Waals surface area contributed by atoms with Crippen molar-refractivity contribution in [2.24, 2.45) is 0 Å². The summed E-state index contributed by atoms with van der Waals surface area (Å²) in [5.41, 5.74) is -0.338. The molecule has 174 valence electrons. The molecule has 0 spiro atoms. The molecule has 31 heavy (non-hydrogen) atoms. The normalized spacial score (nSPS) is 26.0. The van der Waals surface area contributed by atoms with E-state index in [0.29, 0.717) is 38.3 Å². The molecule has 1 aromatic carbocycles. The van der Waals surface area contributed by atoms with Crippen molar-refractivity contribution in [1.29, 1.82) is 0 Å². The van der Waals surface area contributed by atoms with Gasteiger partial charge in [-0.1, -0.05) is 12.1 Å². The molecule has 3 rings (SSSR count). The highest BCUT2D eigenvalue weighted by Gasteiger charge is 2.41. The average Bonchev–Trinajstić information content (AvgIpc) is 2.74.